The standard InChI is InChI=1S/C12H20N2S/c1-10(2)12-13-8-11(15-12)9-14-6-4-3-5-7-14/h8,10H,3-7,9H2,1-2H3. The Labute approximate surface area is 96.3 Å². The average molecular weight is 224 g/mol. The first-order chi connectivity index (χ1) is 7.25. The molecule has 3 heteroatoms. The van der Waals surface area contributed by atoms with E-state index in [0.29, 0.717) is 5.92 Å². The number of piperidine rings is 1. The van der Waals surface area contributed by atoms with E-state index in [4.69, 9.17) is 0 Å². The molecule has 0 atom stereocenters. The monoisotopic (exact) mass is 224 g/mol. The number of hydrogen-bond donors (Lipinski definition) is 0. The van der Waals surface area contributed by atoms with Crippen molar-refractivity contribution in [2.24, 2.45) is 0 Å². The lowest BCUT2D eigenvalue weighted by molar-refractivity contribution is 0.222. The van der Waals surface area contributed by atoms with Gasteiger partial charge in [-0.1, -0.05) is 20.3 Å². The molecule has 1 aliphatic heterocycles. The molecular weight excluding hydrogens is 204 g/mol. The van der Waals surface area contributed by atoms with Crippen LogP contribution >= 0.6 is 11.3 Å². The van der Waals surface area contributed by atoms with Crippen LogP contribution in [0.2, 0.25) is 0 Å². The van der Waals surface area contributed by atoms with Crippen LogP contribution in [0.1, 0.15) is 48.9 Å². The van der Waals surface area contributed by atoms with Gasteiger partial charge in [-0.3, -0.25) is 4.90 Å². The zero-order valence-electron chi connectivity index (χ0n) is 9.70. The van der Waals surface area contributed by atoms with Gasteiger partial charge < -0.3 is 0 Å². The summed E-state index contributed by atoms with van der Waals surface area (Å²) in [6.45, 7) is 8.08. The lowest BCUT2D eigenvalue weighted by Gasteiger charge is -2.25. The number of nitrogens with zero attached hydrogens (tertiary/aromatic N) is 2. The van der Waals surface area contributed by atoms with Crippen molar-refractivity contribution >= 4 is 11.3 Å². The Morgan fingerprint density at radius 2 is 2.07 bits per heavy atom. The topological polar surface area (TPSA) is 16.1 Å². The average Bonchev–Trinajstić information content (AvgIpc) is 2.68. The van der Waals surface area contributed by atoms with E-state index in [1.54, 1.807) is 0 Å². The highest BCUT2D eigenvalue weighted by Crippen LogP contribution is 2.23. The minimum Gasteiger partial charge on any atom is -0.298 e. The van der Waals surface area contributed by atoms with Crippen molar-refractivity contribution in [3.05, 3.63) is 16.1 Å². The summed E-state index contributed by atoms with van der Waals surface area (Å²) in [6.07, 6.45) is 6.22. The molecule has 1 aromatic heterocycles. The van der Waals surface area contributed by atoms with Gasteiger partial charge in [0.1, 0.15) is 0 Å². The Kier molecular flexibility index (Phi) is 3.76. The third kappa shape index (κ3) is 3.02. The molecule has 1 aliphatic rings. The summed E-state index contributed by atoms with van der Waals surface area (Å²) >= 11 is 1.88. The fourth-order valence-electron chi connectivity index (χ4n) is 2.00. The zero-order chi connectivity index (χ0) is 10.7. The van der Waals surface area contributed by atoms with Gasteiger partial charge in [-0.05, 0) is 25.9 Å². The molecular formula is C12H20N2S. The van der Waals surface area contributed by atoms with Crippen LogP contribution in [0.4, 0.5) is 0 Å². The van der Waals surface area contributed by atoms with Crippen LogP contribution in [-0.2, 0) is 6.54 Å². The Morgan fingerprint density at radius 1 is 1.33 bits per heavy atom. The van der Waals surface area contributed by atoms with Gasteiger partial charge in [0.05, 0.1) is 5.01 Å². The summed E-state index contributed by atoms with van der Waals surface area (Å²) in [5, 5.41) is 1.28. The van der Waals surface area contributed by atoms with Crippen LogP contribution in [0.25, 0.3) is 0 Å². The molecule has 15 heavy (non-hydrogen) atoms. The molecule has 2 nitrogen and oxygen atoms in total. The number of rotatable bonds is 3. The highest BCUT2D eigenvalue weighted by Gasteiger charge is 2.12. The summed E-state index contributed by atoms with van der Waals surface area (Å²) < 4.78 is 0. The Morgan fingerprint density at radius 3 is 2.67 bits per heavy atom. The molecule has 1 aromatic rings. The molecule has 0 bridgehead atoms. The molecule has 2 rings (SSSR count). The van der Waals surface area contributed by atoms with Crippen LogP contribution in [0.5, 0.6) is 0 Å². The summed E-state index contributed by atoms with van der Waals surface area (Å²) in [5.41, 5.74) is 0. The number of hydrogen-bond acceptors (Lipinski definition) is 3. The SMILES string of the molecule is CC(C)c1ncc(CN2CCCCC2)s1. The lowest BCUT2D eigenvalue weighted by atomic mass is 10.1. The van der Waals surface area contributed by atoms with Gasteiger partial charge in [-0.25, -0.2) is 4.98 Å². The lowest BCUT2D eigenvalue weighted by Crippen LogP contribution is -2.28. The molecule has 2 heterocycles. The van der Waals surface area contributed by atoms with Crippen molar-refractivity contribution < 1.29 is 0 Å². The van der Waals surface area contributed by atoms with Gasteiger partial charge in [0.15, 0.2) is 0 Å². The van der Waals surface area contributed by atoms with E-state index in [1.807, 2.05) is 11.3 Å². The van der Waals surface area contributed by atoms with E-state index in [1.165, 1.54) is 42.2 Å². The number of likely N-dealkylation sites (tertiary alicyclic amines) is 1. The second-order valence-electron chi connectivity index (χ2n) is 4.66. The van der Waals surface area contributed by atoms with Crippen LogP contribution in [0, 0.1) is 0 Å². The van der Waals surface area contributed by atoms with Crippen LogP contribution in [0.15, 0.2) is 6.20 Å². The van der Waals surface area contributed by atoms with Crippen LogP contribution in [0.3, 0.4) is 0 Å². The van der Waals surface area contributed by atoms with Gasteiger partial charge in [0, 0.05) is 23.5 Å². The first-order valence-corrected chi connectivity index (χ1v) is 6.74. The van der Waals surface area contributed by atoms with Gasteiger partial charge >= 0.3 is 0 Å². The maximum absolute atomic E-state index is 4.47. The highest BCUT2D eigenvalue weighted by molar-refractivity contribution is 7.11. The molecule has 1 saturated heterocycles. The summed E-state index contributed by atoms with van der Waals surface area (Å²) in [6, 6.07) is 0. The van der Waals surface area contributed by atoms with Crippen LogP contribution in [-0.4, -0.2) is 23.0 Å². The summed E-state index contributed by atoms with van der Waals surface area (Å²) in [7, 11) is 0. The van der Waals surface area contributed by atoms with Crippen molar-refractivity contribution in [2.45, 2.75) is 45.6 Å². The quantitative estimate of drug-likeness (QED) is 0.783. The van der Waals surface area contributed by atoms with E-state index in [9.17, 15) is 0 Å². The molecule has 1 fully saturated rings. The summed E-state index contributed by atoms with van der Waals surface area (Å²) in [5.74, 6) is 0.574. The van der Waals surface area contributed by atoms with E-state index >= 15 is 0 Å². The molecule has 0 aliphatic carbocycles. The van der Waals surface area contributed by atoms with E-state index < -0.39 is 0 Å². The molecule has 0 saturated carbocycles. The normalized spacial score (nSPS) is 18.6. The van der Waals surface area contributed by atoms with E-state index in [2.05, 4.69) is 29.9 Å². The fraction of sp³-hybridized carbons (Fsp3) is 0.750. The first kappa shape index (κ1) is 11.1. The fourth-order valence-corrected chi connectivity index (χ4v) is 2.96. The third-order valence-electron chi connectivity index (χ3n) is 2.89. The largest absolute Gasteiger partial charge is 0.298 e. The predicted molar refractivity (Wildman–Crippen MR) is 65.3 cm³/mol. The third-order valence-corrected chi connectivity index (χ3v) is 4.18. The van der Waals surface area contributed by atoms with E-state index in [-0.39, 0.29) is 0 Å². The number of aromatic nitrogens is 1. The Hall–Kier alpha value is -0.410. The maximum Gasteiger partial charge on any atom is 0.0953 e. The van der Waals surface area contributed by atoms with Crippen molar-refractivity contribution in [1.29, 1.82) is 0 Å². The molecule has 0 N–H and O–H groups in total. The highest BCUT2D eigenvalue weighted by atomic mass is 32.1. The van der Waals surface area contributed by atoms with Crippen molar-refractivity contribution in [3.8, 4) is 0 Å². The summed E-state index contributed by atoms with van der Waals surface area (Å²) in [4.78, 5) is 8.46. The number of thiazole rings is 1. The Balaban J connectivity index is 1.91. The maximum atomic E-state index is 4.47. The van der Waals surface area contributed by atoms with Gasteiger partial charge in [0.2, 0.25) is 0 Å². The molecule has 84 valence electrons. The van der Waals surface area contributed by atoms with Gasteiger partial charge in [0.25, 0.3) is 0 Å². The molecule has 0 amide bonds. The Bertz CT molecular complexity index is 300. The van der Waals surface area contributed by atoms with Gasteiger partial charge in [-0.15, -0.1) is 11.3 Å². The molecule has 0 spiro atoms. The van der Waals surface area contributed by atoms with Crippen molar-refractivity contribution in [2.75, 3.05) is 13.1 Å². The van der Waals surface area contributed by atoms with Crippen LogP contribution < -0.4 is 0 Å². The minimum absolute atomic E-state index is 0.574. The molecule has 0 aromatic carbocycles. The van der Waals surface area contributed by atoms with Crippen molar-refractivity contribution in [1.82, 2.24) is 9.88 Å². The van der Waals surface area contributed by atoms with Gasteiger partial charge in [-0.2, -0.15) is 0 Å². The molecule has 0 radical (unpaired) electrons. The predicted octanol–water partition coefficient (Wildman–Crippen LogP) is 3.25. The zero-order valence-corrected chi connectivity index (χ0v) is 10.5. The van der Waals surface area contributed by atoms with Crippen molar-refractivity contribution in [3.63, 3.8) is 0 Å². The van der Waals surface area contributed by atoms with E-state index in [0.717, 1.165) is 6.54 Å². The second kappa shape index (κ2) is 5.08. The smallest absolute Gasteiger partial charge is 0.0953 e. The molecule has 0 unspecified atom stereocenters. The minimum atomic E-state index is 0.574. The second-order valence-corrected chi connectivity index (χ2v) is 5.80. The first-order valence-electron chi connectivity index (χ1n) is 5.92.